The van der Waals surface area contributed by atoms with Gasteiger partial charge >= 0.3 is 0 Å². The molecule has 0 aliphatic rings. The van der Waals surface area contributed by atoms with Crippen LogP contribution in [0.3, 0.4) is 0 Å². The molecule has 26 heavy (non-hydrogen) atoms. The third-order valence-electron chi connectivity index (χ3n) is 4.42. The molecule has 0 saturated heterocycles. The van der Waals surface area contributed by atoms with E-state index in [0.717, 1.165) is 41.9 Å². The van der Waals surface area contributed by atoms with Crippen LogP contribution in [0, 0.1) is 12.8 Å². The molecule has 0 unspecified atom stereocenters. The zero-order valence-corrected chi connectivity index (χ0v) is 15.8. The lowest BCUT2D eigenvalue weighted by atomic mass is 10.1. The minimum atomic E-state index is -0.00983. The van der Waals surface area contributed by atoms with Crippen LogP contribution in [-0.4, -0.2) is 22.0 Å². The Morgan fingerprint density at radius 3 is 2.73 bits per heavy atom. The smallest absolute Gasteiger partial charge is 0.251 e. The van der Waals surface area contributed by atoms with Gasteiger partial charge in [0.2, 0.25) is 0 Å². The summed E-state index contributed by atoms with van der Waals surface area (Å²) in [6, 6.07) is 16.0. The van der Waals surface area contributed by atoms with Crippen molar-refractivity contribution in [1.82, 2.24) is 14.9 Å². The quantitative estimate of drug-likeness (QED) is 0.644. The van der Waals surface area contributed by atoms with Crippen LogP contribution in [0.4, 0.5) is 0 Å². The van der Waals surface area contributed by atoms with Crippen LogP contribution in [0.1, 0.15) is 42.0 Å². The van der Waals surface area contributed by atoms with Gasteiger partial charge in [-0.3, -0.25) is 4.79 Å². The lowest BCUT2D eigenvalue weighted by molar-refractivity contribution is 0.0953. The number of carbonyl (C=O) groups is 1. The number of hydrogen-bond donors (Lipinski definition) is 1. The van der Waals surface area contributed by atoms with Crippen LogP contribution >= 0.6 is 0 Å². The van der Waals surface area contributed by atoms with E-state index in [1.54, 1.807) is 0 Å². The fraction of sp³-hybridized carbons (Fsp3) is 0.364. The molecule has 2 aromatic carbocycles. The van der Waals surface area contributed by atoms with E-state index in [2.05, 4.69) is 41.9 Å². The summed E-state index contributed by atoms with van der Waals surface area (Å²) in [6.07, 6.45) is 1.73. The summed E-state index contributed by atoms with van der Waals surface area (Å²) in [5.41, 5.74) is 4.06. The minimum absolute atomic E-state index is 0.00983. The highest BCUT2D eigenvalue weighted by atomic mass is 16.1. The van der Waals surface area contributed by atoms with Gasteiger partial charge in [0.25, 0.3) is 5.91 Å². The standard InChI is InChI=1S/C22H27N3O/c1-16(2)15-25-20-11-5-4-10-19(20)24-21(25)12-7-13-23-22(26)18-9-6-8-17(3)14-18/h4-6,8-11,14,16H,7,12-13,15H2,1-3H3,(H,23,26). The van der Waals surface area contributed by atoms with Gasteiger partial charge < -0.3 is 9.88 Å². The van der Waals surface area contributed by atoms with Crippen molar-refractivity contribution in [1.29, 1.82) is 0 Å². The molecule has 0 aliphatic carbocycles. The number of aromatic nitrogens is 2. The molecule has 1 amide bonds. The van der Waals surface area contributed by atoms with E-state index in [9.17, 15) is 4.79 Å². The summed E-state index contributed by atoms with van der Waals surface area (Å²) in [7, 11) is 0. The van der Waals surface area contributed by atoms with Crippen LogP contribution in [0.2, 0.25) is 0 Å². The number of nitrogens with zero attached hydrogens (tertiary/aromatic N) is 2. The van der Waals surface area contributed by atoms with Crippen molar-refractivity contribution < 1.29 is 4.79 Å². The number of aryl methyl sites for hydroxylation is 2. The van der Waals surface area contributed by atoms with Gasteiger partial charge in [-0.15, -0.1) is 0 Å². The summed E-state index contributed by atoms with van der Waals surface area (Å²) in [4.78, 5) is 17.0. The highest BCUT2D eigenvalue weighted by Gasteiger charge is 2.11. The molecule has 3 aromatic rings. The lowest BCUT2D eigenvalue weighted by Gasteiger charge is -2.12. The SMILES string of the molecule is Cc1cccc(C(=O)NCCCc2nc3ccccc3n2CC(C)C)c1. The van der Waals surface area contributed by atoms with Gasteiger partial charge in [0.05, 0.1) is 11.0 Å². The van der Waals surface area contributed by atoms with Crippen molar-refractivity contribution in [3.63, 3.8) is 0 Å². The van der Waals surface area contributed by atoms with Gasteiger partial charge in [-0.2, -0.15) is 0 Å². The van der Waals surface area contributed by atoms with Gasteiger partial charge in [0.15, 0.2) is 0 Å². The Kier molecular flexibility index (Phi) is 5.71. The predicted octanol–water partition coefficient (Wildman–Crippen LogP) is 4.36. The van der Waals surface area contributed by atoms with Gasteiger partial charge in [0, 0.05) is 25.1 Å². The van der Waals surface area contributed by atoms with Crippen molar-refractivity contribution in [2.24, 2.45) is 5.92 Å². The van der Waals surface area contributed by atoms with Crippen molar-refractivity contribution >= 4 is 16.9 Å². The normalized spacial score (nSPS) is 11.2. The minimum Gasteiger partial charge on any atom is -0.352 e. The molecule has 4 heteroatoms. The Balaban J connectivity index is 1.62. The van der Waals surface area contributed by atoms with E-state index in [4.69, 9.17) is 4.98 Å². The van der Waals surface area contributed by atoms with Crippen molar-refractivity contribution in [2.45, 2.75) is 40.2 Å². The third kappa shape index (κ3) is 4.31. The second-order valence-electron chi connectivity index (χ2n) is 7.25. The van der Waals surface area contributed by atoms with Gasteiger partial charge in [-0.25, -0.2) is 4.98 Å². The summed E-state index contributed by atoms with van der Waals surface area (Å²) < 4.78 is 2.32. The molecule has 0 bridgehead atoms. The van der Waals surface area contributed by atoms with Crippen molar-refractivity contribution in [3.8, 4) is 0 Å². The average molecular weight is 349 g/mol. The van der Waals surface area contributed by atoms with Gasteiger partial charge in [-0.05, 0) is 43.5 Å². The first-order chi connectivity index (χ1) is 12.5. The summed E-state index contributed by atoms with van der Waals surface area (Å²) in [5.74, 6) is 1.65. The van der Waals surface area contributed by atoms with E-state index < -0.39 is 0 Å². The topological polar surface area (TPSA) is 46.9 Å². The molecule has 0 fully saturated rings. The number of amides is 1. The molecular weight excluding hydrogens is 322 g/mol. The highest BCUT2D eigenvalue weighted by Crippen LogP contribution is 2.18. The van der Waals surface area contributed by atoms with Crippen LogP contribution in [0.25, 0.3) is 11.0 Å². The van der Waals surface area contributed by atoms with E-state index >= 15 is 0 Å². The average Bonchev–Trinajstić information content (AvgIpc) is 2.95. The highest BCUT2D eigenvalue weighted by molar-refractivity contribution is 5.94. The molecule has 0 saturated carbocycles. The maximum atomic E-state index is 12.2. The van der Waals surface area contributed by atoms with Crippen LogP contribution in [0.15, 0.2) is 48.5 Å². The molecular formula is C22H27N3O. The molecule has 136 valence electrons. The van der Waals surface area contributed by atoms with Crippen LogP contribution in [0.5, 0.6) is 0 Å². The van der Waals surface area contributed by atoms with Crippen molar-refractivity contribution in [2.75, 3.05) is 6.54 Å². The third-order valence-corrected chi connectivity index (χ3v) is 4.42. The van der Waals surface area contributed by atoms with Crippen LogP contribution in [-0.2, 0) is 13.0 Å². The van der Waals surface area contributed by atoms with Gasteiger partial charge in [0.1, 0.15) is 5.82 Å². The first kappa shape index (κ1) is 18.2. The maximum absolute atomic E-state index is 12.2. The van der Waals surface area contributed by atoms with Gasteiger partial charge in [-0.1, -0.05) is 43.7 Å². The Bertz CT molecular complexity index is 895. The maximum Gasteiger partial charge on any atom is 0.251 e. The molecule has 0 atom stereocenters. The Hall–Kier alpha value is -2.62. The number of hydrogen-bond acceptors (Lipinski definition) is 2. The summed E-state index contributed by atoms with van der Waals surface area (Å²) >= 11 is 0. The number of nitrogens with one attached hydrogen (secondary N) is 1. The second-order valence-corrected chi connectivity index (χ2v) is 7.25. The number of carbonyl (C=O) groups excluding carboxylic acids is 1. The molecule has 0 spiro atoms. The second kappa shape index (κ2) is 8.17. The molecule has 0 aliphatic heterocycles. The summed E-state index contributed by atoms with van der Waals surface area (Å²) in [5, 5.41) is 3.01. The van der Waals surface area contributed by atoms with Crippen molar-refractivity contribution in [3.05, 3.63) is 65.5 Å². The zero-order valence-electron chi connectivity index (χ0n) is 15.8. The predicted molar refractivity (Wildman–Crippen MR) is 106 cm³/mol. The van der Waals surface area contributed by atoms with E-state index in [1.807, 2.05) is 37.3 Å². The largest absolute Gasteiger partial charge is 0.352 e. The van der Waals surface area contributed by atoms with E-state index in [-0.39, 0.29) is 5.91 Å². The first-order valence-corrected chi connectivity index (χ1v) is 9.33. The number of para-hydroxylation sites is 2. The van der Waals surface area contributed by atoms with E-state index in [0.29, 0.717) is 12.5 Å². The lowest BCUT2D eigenvalue weighted by Crippen LogP contribution is -2.25. The Morgan fingerprint density at radius 1 is 1.15 bits per heavy atom. The Labute approximate surface area is 155 Å². The monoisotopic (exact) mass is 349 g/mol. The molecule has 1 heterocycles. The molecule has 1 aromatic heterocycles. The molecule has 0 radical (unpaired) electrons. The molecule has 3 rings (SSSR count). The number of imidazole rings is 1. The fourth-order valence-corrected chi connectivity index (χ4v) is 3.22. The molecule has 4 nitrogen and oxygen atoms in total. The first-order valence-electron chi connectivity index (χ1n) is 9.33. The molecule has 1 N–H and O–H groups in total. The fourth-order valence-electron chi connectivity index (χ4n) is 3.22. The summed E-state index contributed by atoms with van der Waals surface area (Å²) in [6.45, 7) is 8.06. The number of benzene rings is 2. The van der Waals surface area contributed by atoms with E-state index in [1.165, 1.54) is 5.52 Å². The van der Waals surface area contributed by atoms with Crippen LogP contribution < -0.4 is 5.32 Å². The number of fused-ring (bicyclic) bond motifs is 1. The zero-order chi connectivity index (χ0) is 18.5. The Morgan fingerprint density at radius 2 is 1.96 bits per heavy atom. The number of rotatable bonds is 7.